The second-order valence-corrected chi connectivity index (χ2v) is 6.41. The molecule has 1 fully saturated rings. The third-order valence-electron chi connectivity index (χ3n) is 2.80. The summed E-state index contributed by atoms with van der Waals surface area (Å²) in [6.45, 7) is 0.414. The van der Waals surface area contributed by atoms with E-state index in [1.54, 1.807) is 12.1 Å². The van der Waals surface area contributed by atoms with Gasteiger partial charge in [0.25, 0.3) is 0 Å². The number of aliphatic hydroxyl groups is 1. The number of nitrogens with one attached hydrogen (secondary N) is 1. The minimum Gasteiger partial charge on any atom is -0.390 e. The second-order valence-electron chi connectivity index (χ2n) is 4.26. The molecule has 6 heteroatoms. The first-order valence-electron chi connectivity index (χ1n) is 5.32. The van der Waals surface area contributed by atoms with Crippen LogP contribution in [0.5, 0.6) is 0 Å². The normalized spacial score (nSPS) is 27.2. The molecule has 0 radical (unpaired) electrons. The highest BCUT2D eigenvalue weighted by Gasteiger charge is 2.35. The second kappa shape index (κ2) is 4.72. The van der Waals surface area contributed by atoms with E-state index in [-0.39, 0.29) is 17.3 Å². The summed E-state index contributed by atoms with van der Waals surface area (Å²) in [4.78, 5) is 0. The summed E-state index contributed by atoms with van der Waals surface area (Å²) in [6, 6.07) is 5.50. The van der Waals surface area contributed by atoms with E-state index in [1.807, 2.05) is 0 Å². The Morgan fingerprint density at radius 3 is 2.47 bits per heavy atom. The average molecular weight is 259 g/mol. The topological polar surface area (TPSA) is 66.4 Å². The molecule has 2 N–H and O–H groups in total. The molecule has 0 unspecified atom stereocenters. The van der Waals surface area contributed by atoms with Gasteiger partial charge in [0.2, 0.25) is 0 Å². The van der Waals surface area contributed by atoms with Crippen molar-refractivity contribution in [1.82, 2.24) is 5.32 Å². The third-order valence-corrected chi connectivity index (χ3v) is 4.52. The maximum atomic E-state index is 12.7. The van der Waals surface area contributed by atoms with Gasteiger partial charge in [0.1, 0.15) is 5.82 Å². The Kier molecular flexibility index (Phi) is 3.46. The molecule has 0 saturated carbocycles. The van der Waals surface area contributed by atoms with Crippen molar-refractivity contribution in [1.29, 1.82) is 0 Å². The standard InChI is InChI=1S/C11H14FNO3S/c12-9-3-1-8(2-4-9)5-13-10-6-17(15,16)7-11(10)14/h1-4,10-11,13-14H,5-7H2/t10-,11-/m1/s1. The fourth-order valence-corrected chi connectivity index (χ4v) is 3.65. The number of hydrogen-bond acceptors (Lipinski definition) is 4. The Bertz CT molecular complexity index is 486. The molecule has 0 bridgehead atoms. The molecule has 0 aliphatic carbocycles. The Labute approximate surface area is 99.4 Å². The van der Waals surface area contributed by atoms with Crippen molar-refractivity contribution >= 4 is 9.84 Å². The zero-order chi connectivity index (χ0) is 12.5. The van der Waals surface area contributed by atoms with Crippen LogP contribution in [0, 0.1) is 5.82 Å². The SMILES string of the molecule is O=S1(=O)C[C@@H](O)[C@H](NCc2ccc(F)cc2)C1. The summed E-state index contributed by atoms with van der Waals surface area (Å²) in [5, 5.41) is 12.5. The average Bonchev–Trinajstić information content (AvgIpc) is 2.51. The molecule has 1 aliphatic heterocycles. The van der Waals surface area contributed by atoms with Gasteiger partial charge < -0.3 is 10.4 Å². The van der Waals surface area contributed by atoms with E-state index in [9.17, 15) is 17.9 Å². The zero-order valence-corrected chi connectivity index (χ0v) is 9.95. The van der Waals surface area contributed by atoms with Crippen LogP contribution in [0.15, 0.2) is 24.3 Å². The number of hydrogen-bond donors (Lipinski definition) is 2. The molecular weight excluding hydrogens is 245 g/mol. The molecule has 17 heavy (non-hydrogen) atoms. The van der Waals surface area contributed by atoms with Gasteiger partial charge in [-0.15, -0.1) is 0 Å². The Morgan fingerprint density at radius 1 is 1.29 bits per heavy atom. The summed E-state index contributed by atoms with van der Waals surface area (Å²) in [6.07, 6.45) is -0.861. The first-order valence-corrected chi connectivity index (χ1v) is 7.15. The fourth-order valence-electron chi connectivity index (χ4n) is 1.88. The summed E-state index contributed by atoms with van der Waals surface area (Å²) < 4.78 is 35.2. The molecule has 1 aromatic carbocycles. The monoisotopic (exact) mass is 259 g/mol. The Balaban J connectivity index is 1.93. The van der Waals surface area contributed by atoms with Crippen LogP contribution in [0.1, 0.15) is 5.56 Å². The van der Waals surface area contributed by atoms with E-state index >= 15 is 0 Å². The summed E-state index contributed by atoms with van der Waals surface area (Å²) in [7, 11) is -3.13. The van der Waals surface area contributed by atoms with E-state index in [2.05, 4.69) is 5.32 Å². The van der Waals surface area contributed by atoms with E-state index < -0.39 is 22.0 Å². The maximum absolute atomic E-state index is 12.7. The summed E-state index contributed by atoms with van der Waals surface area (Å²) in [5.74, 6) is -0.541. The maximum Gasteiger partial charge on any atom is 0.154 e. The van der Waals surface area contributed by atoms with Gasteiger partial charge in [-0.05, 0) is 17.7 Å². The number of halogens is 1. The molecule has 2 rings (SSSR count). The van der Waals surface area contributed by atoms with Crippen LogP contribution in [-0.2, 0) is 16.4 Å². The minimum absolute atomic E-state index is 0.0463. The van der Waals surface area contributed by atoms with Crippen LogP contribution < -0.4 is 5.32 Å². The molecular formula is C11H14FNO3S. The molecule has 2 atom stereocenters. The number of sulfone groups is 1. The lowest BCUT2D eigenvalue weighted by molar-refractivity contribution is 0.165. The van der Waals surface area contributed by atoms with Crippen molar-refractivity contribution in [3.8, 4) is 0 Å². The van der Waals surface area contributed by atoms with E-state index in [0.717, 1.165) is 5.56 Å². The third kappa shape index (κ3) is 3.24. The first kappa shape index (κ1) is 12.5. The first-order chi connectivity index (χ1) is 7.96. The van der Waals surface area contributed by atoms with Gasteiger partial charge in [0.15, 0.2) is 9.84 Å². The zero-order valence-electron chi connectivity index (χ0n) is 9.14. The highest BCUT2D eigenvalue weighted by Crippen LogP contribution is 2.13. The van der Waals surface area contributed by atoms with E-state index in [4.69, 9.17) is 0 Å². The van der Waals surface area contributed by atoms with E-state index in [0.29, 0.717) is 6.54 Å². The van der Waals surface area contributed by atoms with Gasteiger partial charge in [-0.3, -0.25) is 0 Å². The quantitative estimate of drug-likeness (QED) is 0.806. The minimum atomic E-state index is -3.13. The van der Waals surface area contributed by atoms with Crippen molar-refractivity contribution in [3.63, 3.8) is 0 Å². The van der Waals surface area contributed by atoms with Crippen molar-refractivity contribution in [2.45, 2.75) is 18.7 Å². The molecule has 0 spiro atoms. The Hall–Kier alpha value is -0.980. The molecule has 1 heterocycles. The van der Waals surface area contributed by atoms with Crippen LogP contribution in [0.25, 0.3) is 0 Å². The largest absolute Gasteiger partial charge is 0.390 e. The highest BCUT2D eigenvalue weighted by atomic mass is 32.2. The molecule has 0 aromatic heterocycles. The van der Waals surface area contributed by atoms with E-state index in [1.165, 1.54) is 12.1 Å². The number of aliphatic hydroxyl groups excluding tert-OH is 1. The lowest BCUT2D eigenvalue weighted by atomic mass is 10.2. The van der Waals surface area contributed by atoms with Crippen LogP contribution in [0.2, 0.25) is 0 Å². The van der Waals surface area contributed by atoms with Crippen LogP contribution >= 0.6 is 0 Å². The van der Waals surface area contributed by atoms with Gasteiger partial charge in [-0.2, -0.15) is 0 Å². The Morgan fingerprint density at radius 2 is 1.94 bits per heavy atom. The van der Waals surface area contributed by atoms with Crippen molar-refractivity contribution in [3.05, 3.63) is 35.6 Å². The van der Waals surface area contributed by atoms with Crippen molar-refractivity contribution in [2.75, 3.05) is 11.5 Å². The lowest BCUT2D eigenvalue weighted by Gasteiger charge is -2.14. The molecule has 1 saturated heterocycles. The molecule has 1 aliphatic rings. The molecule has 0 amide bonds. The predicted molar refractivity (Wildman–Crippen MR) is 61.7 cm³/mol. The van der Waals surface area contributed by atoms with Gasteiger partial charge in [0.05, 0.1) is 17.6 Å². The number of rotatable bonds is 3. The molecule has 4 nitrogen and oxygen atoms in total. The summed E-state index contributed by atoms with van der Waals surface area (Å²) in [5.41, 5.74) is 0.850. The fraction of sp³-hybridized carbons (Fsp3) is 0.455. The predicted octanol–water partition coefficient (Wildman–Crippen LogP) is 0.0732. The molecule has 94 valence electrons. The summed E-state index contributed by atoms with van der Waals surface area (Å²) >= 11 is 0. The number of benzene rings is 1. The van der Waals surface area contributed by atoms with Gasteiger partial charge in [-0.25, -0.2) is 12.8 Å². The van der Waals surface area contributed by atoms with Gasteiger partial charge in [0, 0.05) is 12.6 Å². The van der Waals surface area contributed by atoms with Crippen molar-refractivity contribution < 1.29 is 17.9 Å². The van der Waals surface area contributed by atoms with Crippen LogP contribution in [0.4, 0.5) is 4.39 Å². The van der Waals surface area contributed by atoms with Gasteiger partial charge in [-0.1, -0.05) is 12.1 Å². The van der Waals surface area contributed by atoms with Crippen molar-refractivity contribution in [2.24, 2.45) is 0 Å². The van der Waals surface area contributed by atoms with Crippen LogP contribution in [0.3, 0.4) is 0 Å². The smallest absolute Gasteiger partial charge is 0.154 e. The van der Waals surface area contributed by atoms with Crippen LogP contribution in [-0.4, -0.2) is 37.2 Å². The van der Waals surface area contributed by atoms with Gasteiger partial charge >= 0.3 is 0 Å². The highest BCUT2D eigenvalue weighted by molar-refractivity contribution is 7.91. The molecule has 1 aromatic rings. The lowest BCUT2D eigenvalue weighted by Crippen LogP contribution is -2.38.